The molecule has 0 radical (unpaired) electrons. The van der Waals surface area contributed by atoms with Crippen LogP contribution >= 0.6 is 0 Å². The Hall–Kier alpha value is -3.02. The summed E-state index contributed by atoms with van der Waals surface area (Å²) in [5.41, 5.74) is 2.17. The zero-order valence-electron chi connectivity index (χ0n) is 16.7. The van der Waals surface area contributed by atoms with Crippen LogP contribution in [0.3, 0.4) is 0 Å². The van der Waals surface area contributed by atoms with Crippen LogP contribution in [-0.4, -0.2) is 32.1 Å². The minimum atomic E-state index is -0.453. The topological polar surface area (TPSA) is 67.9 Å². The standard InChI is InChI=1S/C22H26N2O4/c1-22(2,3)21(26)24-11-10-15-8-9-16(12-19(15)24)23-20(25)14-28-18-7-5-6-17(13-18)27-4/h5-9,12-13H,10-11,14H2,1-4H3,(H,23,25). The maximum atomic E-state index is 12.7. The molecule has 0 aliphatic carbocycles. The van der Waals surface area contributed by atoms with Gasteiger partial charge in [0.15, 0.2) is 6.61 Å². The molecule has 0 atom stereocenters. The monoisotopic (exact) mass is 382 g/mol. The molecule has 6 nitrogen and oxygen atoms in total. The predicted octanol–water partition coefficient (Wildman–Crippen LogP) is 3.65. The second-order valence-corrected chi connectivity index (χ2v) is 7.82. The number of methoxy groups -OCH3 is 1. The molecule has 148 valence electrons. The number of hydrogen-bond donors (Lipinski definition) is 1. The van der Waals surface area contributed by atoms with E-state index in [1.165, 1.54) is 0 Å². The zero-order chi connectivity index (χ0) is 20.3. The number of rotatable bonds is 5. The lowest BCUT2D eigenvalue weighted by Crippen LogP contribution is -2.38. The second-order valence-electron chi connectivity index (χ2n) is 7.82. The molecule has 2 amide bonds. The van der Waals surface area contributed by atoms with Crippen molar-refractivity contribution in [3.8, 4) is 11.5 Å². The van der Waals surface area contributed by atoms with E-state index in [2.05, 4.69) is 5.32 Å². The fourth-order valence-corrected chi connectivity index (χ4v) is 3.11. The van der Waals surface area contributed by atoms with Crippen molar-refractivity contribution in [3.63, 3.8) is 0 Å². The average molecular weight is 382 g/mol. The Bertz CT molecular complexity index is 886. The SMILES string of the molecule is COc1cccc(OCC(=O)Nc2ccc3c(c2)N(C(=O)C(C)(C)C)CC3)c1. The van der Waals surface area contributed by atoms with Crippen molar-refractivity contribution < 1.29 is 19.1 Å². The highest BCUT2D eigenvalue weighted by Crippen LogP contribution is 2.34. The van der Waals surface area contributed by atoms with E-state index in [-0.39, 0.29) is 18.4 Å². The van der Waals surface area contributed by atoms with Crippen LogP contribution in [0.5, 0.6) is 11.5 Å². The van der Waals surface area contributed by atoms with Gasteiger partial charge < -0.3 is 19.7 Å². The third-order valence-electron chi connectivity index (χ3n) is 4.56. The Balaban J connectivity index is 1.65. The van der Waals surface area contributed by atoms with Crippen LogP contribution in [0.1, 0.15) is 26.3 Å². The van der Waals surface area contributed by atoms with Gasteiger partial charge in [0, 0.05) is 29.4 Å². The first kappa shape index (κ1) is 19.7. The van der Waals surface area contributed by atoms with Gasteiger partial charge in [-0.05, 0) is 36.2 Å². The van der Waals surface area contributed by atoms with Crippen LogP contribution in [-0.2, 0) is 16.0 Å². The third-order valence-corrected chi connectivity index (χ3v) is 4.56. The summed E-state index contributed by atoms with van der Waals surface area (Å²) in [5, 5.41) is 2.84. The summed E-state index contributed by atoms with van der Waals surface area (Å²) < 4.78 is 10.7. The lowest BCUT2D eigenvalue weighted by Gasteiger charge is -2.26. The molecule has 0 saturated carbocycles. The van der Waals surface area contributed by atoms with Gasteiger partial charge >= 0.3 is 0 Å². The van der Waals surface area contributed by atoms with E-state index in [0.717, 1.165) is 17.7 Å². The van der Waals surface area contributed by atoms with Crippen LogP contribution in [0.25, 0.3) is 0 Å². The first-order valence-corrected chi connectivity index (χ1v) is 9.29. The Morgan fingerprint density at radius 3 is 2.57 bits per heavy atom. The van der Waals surface area contributed by atoms with E-state index in [4.69, 9.17) is 9.47 Å². The smallest absolute Gasteiger partial charge is 0.262 e. The molecule has 2 aromatic carbocycles. The number of nitrogens with zero attached hydrogens (tertiary/aromatic N) is 1. The average Bonchev–Trinajstić information content (AvgIpc) is 3.08. The Kier molecular flexibility index (Phi) is 5.58. The molecule has 28 heavy (non-hydrogen) atoms. The molecule has 1 N–H and O–H groups in total. The molecule has 2 aromatic rings. The normalized spacial score (nSPS) is 13.1. The van der Waals surface area contributed by atoms with Crippen LogP contribution < -0.4 is 19.7 Å². The minimum Gasteiger partial charge on any atom is -0.497 e. The predicted molar refractivity (Wildman–Crippen MR) is 109 cm³/mol. The van der Waals surface area contributed by atoms with Crippen LogP contribution in [0.15, 0.2) is 42.5 Å². The van der Waals surface area contributed by atoms with Crippen molar-refractivity contribution >= 4 is 23.2 Å². The Morgan fingerprint density at radius 1 is 1.11 bits per heavy atom. The van der Waals surface area contributed by atoms with Crippen molar-refractivity contribution in [2.24, 2.45) is 5.41 Å². The number of benzene rings is 2. The molecular formula is C22H26N2O4. The molecule has 3 rings (SSSR count). The van der Waals surface area contributed by atoms with Gasteiger partial charge in [-0.25, -0.2) is 0 Å². The third kappa shape index (κ3) is 4.44. The Morgan fingerprint density at radius 2 is 1.86 bits per heavy atom. The van der Waals surface area contributed by atoms with Gasteiger partial charge in [-0.15, -0.1) is 0 Å². The highest BCUT2D eigenvalue weighted by atomic mass is 16.5. The van der Waals surface area contributed by atoms with E-state index >= 15 is 0 Å². The van der Waals surface area contributed by atoms with Crippen molar-refractivity contribution in [1.29, 1.82) is 0 Å². The number of amides is 2. The molecule has 0 saturated heterocycles. The number of carbonyl (C=O) groups is 2. The van der Waals surface area contributed by atoms with Crippen LogP contribution in [0.4, 0.5) is 11.4 Å². The lowest BCUT2D eigenvalue weighted by atomic mass is 9.94. The van der Waals surface area contributed by atoms with Gasteiger partial charge in [-0.2, -0.15) is 0 Å². The molecule has 0 spiro atoms. The first-order valence-electron chi connectivity index (χ1n) is 9.29. The summed E-state index contributed by atoms with van der Waals surface area (Å²) in [7, 11) is 1.58. The minimum absolute atomic E-state index is 0.0797. The van der Waals surface area contributed by atoms with Gasteiger partial charge in [0.2, 0.25) is 5.91 Å². The maximum absolute atomic E-state index is 12.7. The van der Waals surface area contributed by atoms with Gasteiger partial charge in [-0.1, -0.05) is 32.9 Å². The van der Waals surface area contributed by atoms with E-state index in [0.29, 0.717) is 23.7 Å². The Labute approximate surface area is 165 Å². The molecular weight excluding hydrogens is 356 g/mol. The highest BCUT2D eigenvalue weighted by Gasteiger charge is 2.32. The quantitative estimate of drug-likeness (QED) is 0.857. The summed E-state index contributed by atoms with van der Waals surface area (Å²) in [6, 6.07) is 12.8. The number of ether oxygens (including phenoxy) is 2. The number of hydrogen-bond acceptors (Lipinski definition) is 4. The summed E-state index contributed by atoms with van der Waals surface area (Å²) in [6.45, 7) is 6.29. The number of anilines is 2. The van der Waals surface area contributed by atoms with Crippen molar-refractivity contribution in [3.05, 3.63) is 48.0 Å². The van der Waals surface area contributed by atoms with Crippen LogP contribution in [0.2, 0.25) is 0 Å². The molecule has 1 heterocycles. The lowest BCUT2D eigenvalue weighted by molar-refractivity contribution is -0.125. The first-order chi connectivity index (χ1) is 13.3. The highest BCUT2D eigenvalue weighted by molar-refractivity contribution is 6.00. The number of nitrogens with one attached hydrogen (secondary N) is 1. The molecule has 0 fully saturated rings. The zero-order valence-corrected chi connectivity index (χ0v) is 16.7. The largest absolute Gasteiger partial charge is 0.497 e. The molecule has 0 unspecified atom stereocenters. The maximum Gasteiger partial charge on any atom is 0.262 e. The van der Waals surface area contributed by atoms with Crippen molar-refractivity contribution in [1.82, 2.24) is 0 Å². The molecule has 0 bridgehead atoms. The van der Waals surface area contributed by atoms with E-state index in [1.807, 2.05) is 45.0 Å². The van der Waals surface area contributed by atoms with Gasteiger partial charge in [0.1, 0.15) is 11.5 Å². The fourth-order valence-electron chi connectivity index (χ4n) is 3.11. The number of carbonyl (C=O) groups excluding carboxylic acids is 2. The van der Waals surface area contributed by atoms with Crippen molar-refractivity contribution in [2.75, 3.05) is 30.5 Å². The van der Waals surface area contributed by atoms with E-state index < -0.39 is 5.41 Å². The molecule has 6 heteroatoms. The van der Waals surface area contributed by atoms with Gasteiger partial charge in [0.25, 0.3) is 5.91 Å². The van der Waals surface area contributed by atoms with Gasteiger partial charge in [-0.3, -0.25) is 9.59 Å². The molecule has 1 aliphatic heterocycles. The number of fused-ring (bicyclic) bond motifs is 1. The van der Waals surface area contributed by atoms with E-state index in [9.17, 15) is 9.59 Å². The molecule has 0 aromatic heterocycles. The fraction of sp³-hybridized carbons (Fsp3) is 0.364. The van der Waals surface area contributed by atoms with Gasteiger partial charge in [0.05, 0.1) is 7.11 Å². The summed E-state index contributed by atoms with van der Waals surface area (Å²) in [6.07, 6.45) is 0.824. The summed E-state index contributed by atoms with van der Waals surface area (Å²) in [5.74, 6) is 1.04. The van der Waals surface area contributed by atoms with Crippen LogP contribution in [0, 0.1) is 5.41 Å². The summed E-state index contributed by atoms with van der Waals surface area (Å²) >= 11 is 0. The second kappa shape index (κ2) is 7.92. The van der Waals surface area contributed by atoms with Crippen molar-refractivity contribution in [2.45, 2.75) is 27.2 Å². The summed E-state index contributed by atoms with van der Waals surface area (Å²) in [4.78, 5) is 26.8. The molecule has 1 aliphatic rings. The van der Waals surface area contributed by atoms with E-state index in [1.54, 1.807) is 30.2 Å².